The number of hydrogen-bond donors (Lipinski definition) is 1. The molecule has 1 N–H and O–H groups in total. The topological polar surface area (TPSA) is 41.6 Å². The van der Waals surface area contributed by atoms with Crippen LogP contribution in [0.5, 0.6) is 0 Å². The minimum Gasteiger partial charge on any atom is -0.374 e. The second kappa shape index (κ2) is 7.79. The molecule has 0 radical (unpaired) electrons. The molecule has 4 nitrogen and oxygen atoms in total. The van der Waals surface area contributed by atoms with E-state index >= 15 is 0 Å². The van der Waals surface area contributed by atoms with E-state index in [1.165, 1.54) is 0 Å². The Bertz CT molecular complexity index is 341. The van der Waals surface area contributed by atoms with Gasteiger partial charge in [-0.05, 0) is 24.7 Å². The summed E-state index contributed by atoms with van der Waals surface area (Å²) in [6, 6.07) is 0. The zero-order valence-electron chi connectivity index (χ0n) is 12.8. The second-order valence-electron chi connectivity index (χ2n) is 6.42. The van der Waals surface area contributed by atoms with E-state index in [0.717, 1.165) is 39.1 Å². The summed E-state index contributed by atoms with van der Waals surface area (Å²) in [6.07, 6.45) is 7.35. The fourth-order valence-electron chi connectivity index (χ4n) is 2.99. The highest BCUT2D eigenvalue weighted by molar-refractivity contribution is 5.76. The lowest BCUT2D eigenvalue weighted by atomic mass is 10.1. The fourth-order valence-corrected chi connectivity index (χ4v) is 2.99. The predicted octanol–water partition coefficient (Wildman–Crippen LogP) is 1.82. The number of nitrogens with zero attached hydrogens (tertiary/aromatic N) is 1. The van der Waals surface area contributed by atoms with E-state index in [9.17, 15) is 4.79 Å². The number of morpholine rings is 1. The van der Waals surface area contributed by atoms with E-state index in [1.807, 2.05) is 0 Å². The molecule has 4 heteroatoms. The molecule has 1 saturated heterocycles. The van der Waals surface area contributed by atoms with E-state index in [2.05, 4.69) is 36.2 Å². The molecule has 0 aromatic carbocycles. The molecule has 0 aromatic heterocycles. The molecule has 20 heavy (non-hydrogen) atoms. The monoisotopic (exact) mass is 280 g/mol. The molecule has 0 aromatic rings. The molecule has 1 amide bonds. The van der Waals surface area contributed by atoms with Gasteiger partial charge in [-0.25, -0.2) is 0 Å². The maximum atomic E-state index is 11.9. The minimum absolute atomic E-state index is 0.144. The van der Waals surface area contributed by atoms with Crippen molar-refractivity contribution < 1.29 is 9.53 Å². The van der Waals surface area contributed by atoms with Crippen LogP contribution in [0.1, 0.15) is 33.1 Å². The Labute approximate surface area is 122 Å². The van der Waals surface area contributed by atoms with Gasteiger partial charge in [0.2, 0.25) is 5.91 Å². The zero-order chi connectivity index (χ0) is 14.4. The molecule has 0 spiro atoms. The summed E-state index contributed by atoms with van der Waals surface area (Å²) in [5, 5.41) is 3.03. The number of carbonyl (C=O) groups is 1. The van der Waals surface area contributed by atoms with Crippen LogP contribution in [-0.2, 0) is 9.53 Å². The molecular formula is C16H28N2O2. The summed E-state index contributed by atoms with van der Waals surface area (Å²) in [4.78, 5) is 14.3. The van der Waals surface area contributed by atoms with Crippen LogP contribution in [0.2, 0.25) is 0 Å². The third kappa shape index (κ3) is 5.25. The first kappa shape index (κ1) is 15.5. The Kier molecular flexibility index (Phi) is 6.05. The number of nitrogens with one attached hydrogen (secondary N) is 1. The van der Waals surface area contributed by atoms with Crippen molar-refractivity contribution in [3.8, 4) is 0 Å². The molecule has 0 saturated carbocycles. The molecule has 2 atom stereocenters. The summed E-state index contributed by atoms with van der Waals surface area (Å²) < 4.78 is 5.74. The van der Waals surface area contributed by atoms with E-state index in [0.29, 0.717) is 24.8 Å². The van der Waals surface area contributed by atoms with E-state index < -0.39 is 0 Å². The van der Waals surface area contributed by atoms with Crippen molar-refractivity contribution in [3.63, 3.8) is 0 Å². The van der Waals surface area contributed by atoms with Gasteiger partial charge in [0.15, 0.2) is 0 Å². The van der Waals surface area contributed by atoms with Crippen LogP contribution in [0.25, 0.3) is 0 Å². The molecule has 2 unspecified atom stereocenters. The quantitative estimate of drug-likeness (QED) is 0.755. The van der Waals surface area contributed by atoms with Crippen molar-refractivity contribution in [3.05, 3.63) is 12.2 Å². The van der Waals surface area contributed by atoms with Crippen molar-refractivity contribution >= 4 is 5.91 Å². The number of carbonyl (C=O) groups excluding carboxylic acids is 1. The van der Waals surface area contributed by atoms with Gasteiger partial charge in [-0.3, -0.25) is 9.69 Å². The lowest BCUT2D eigenvalue weighted by Crippen LogP contribution is -2.48. The van der Waals surface area contributed by atoms with Crippen molar-refractivity contribution in [2.45, 2.75) is 39.2 Å². The van der Waals surface area contributed by atoms with Gasteiger partial charge in [0.25, 0.3) is 0 Å². The Morgan fingerprint density at radius 3 is 3.05 bits per heavy atom. The van der Waals surface area contributed by atoms with Crippen molar-refractivity contribution in [2.75, 3.05) is 32.8 Å². The summed E-state index contributed by atoms with van der Waals surface area (Å²) in [6.45, 7) is 8.95. The molecule has 0 bridgehead atoms. The maximum Gasteiger partial charge on any atom is 0.220 e. The van der Waals surface area contributed by atoms with Gasteiger partial charge < -0.3 is 10.1 Å². The molecule has 2 aliphatic rings. The lowest BCUT2D eigenvalue weighted by Gasteiger charge is -2.34. The standard InChI is InChI=1S/C16H28N2O2/c1-13(2)11-18-7-8-20-15(12-18)10-17-16(19)9-14-5-3-4-6-14/h3,5,13-15H,4,6-12H2,1-2H3,(H,17,19). The minimum atomic E-state index is 0.144. The van der Waals surface area contributed by atoms with Crippen LogP contribution in [0.3, 0.4) is 0 Å². The first-order valence-electron chi connectivity index (χ1n) is 7.91. The number of hydrogen-bond acceptors (Lipinski definition) is 3. The van der Waals surface area contributed by atoms with Gasteiger partial charge in [-0.15, -0.1) is 0 Å². The van der Waals surface area contributed by atoms with Crippen molar-refractivity contribution in [1.82, 2.24) is 10.2 Å². The van der Waals surface area contributed by atoms with Gasteiger partial charge in [0.05, 0.1) is 12.7 Å². The Balaban J connectivity index is 1.65. The van der Waals surface area contributed by atoms with Gasteiger partial charge in [-0.2, -0.15) is 0 Å². The van der Waals surface area contributed by atoms with E-state index in [-0.39, 0.29) is 12.0 Å². The average molecular weight is 280 g/mol. The average Bonchev–Trinajstić information content (AvgIpc) is 2.89. The molecule has 1 aliphatic heterocycles. The largest absolute Gasteiger partial charge is 0.374 e. The number of ether oxygens (including phenoxy) is 1. The Morgan fingerprint density at radius 1 is 1.50 bits per heavy atom. The van der Waals surface area contributed by atoms with Crippen LogP contribution in [0.4, 0.5) is 0 Å². The molecule has 114 valence electrons. The molecular weight excluding hydrogens is 252 g/mol. The summed E-state index contributed by atoms with van der Waals surface area (Å²) in [7, 11) is 0. The van der Waals surface area contributed by atoms with Crippen LogP contribution in [0.15, 0.2) is 12.2 Å². The number of rotatable bonds is 6. The predicted molar refractivity (Wildman–Crippen MR) is 80.5 cm³/mol. The summed E-state index contributed by atoms with van der Waals surface area (Å²) in [5.74, 6) is 1.28. The molecule has 1 aliphatic carbocycles. The second-order valence-corrected chi connectivity index (χ2v) is 6.42. The van der Waals surface area contributed by atoms with Crippen LogP contribution >= 0.6 is 0 Å². The van der Waals surface area contributed by atoms with Gasteiger partial charge in [-0.1, -0.05) is 26.0 Å². The highest BCUT2D eigenvalue weighted by Gasteiger charge is 2.22. The van der Waals surface area contributed by atoms with Crippen LogP contribution in [-0.4, -0.2) is 49.7 Å². The summed E-state index contributed by atoms with van der Waals surface area (Å²) in [5.41, 5.74) is 0. The smallest absolute Gasteiger partial charge is 0.220 e. The van der Waals surface area contributed by atoms with Crippen LogP contribution in [0, 0.1) is 11.8 Å². The Morgan fingerprint density at radius 2 is 2.35 bits per heavy atom. The van der Waals surface area contributed by atoms with Gasteiger partial charge >= 0.3 is 0 Å². The van der Waals surface area contributed by atoms with Crippen molar-refractivity contribution in [2.24, 2.45) is 11.8 Å². The third-order valence-corrected chi connectivity index (χ3v) is 3.93. The first-order valence-corrected chi connectivity index (χ1v) is 7.91. The van der Waals surface area contributed by atoms with Crippen LogP contribution < -0.4 is 5.32 Å². The molecule has 1 heterocycles. The first-order chi connectivity index (χ1) is 9.63. The highest BCUT2D eigenvalue weighted by Crippen LogP contribution is 2.20. The fraction of sp³-hybridized carbons (Fsp3) is 0.812. The molecule has 1 fully saturated rings. The Hall–Kier alpha value is -0.870. The number of amides is 1. The zero-order valence-corrected chi connectivity index (χ0v) is 12.8. The lowest BCUT2D eigenvalue weighted by molar-refractivity contribution is -0.123. The normalized spacial score (nSPS) is 27.1. The highest BCUT2D eigenvalue weighted by atomic mass is 16.5. The van der Waals surface area contributed by atoms with E-state index in [4.69, 9.17) is 4.74 Å². The number of allylic oxidation sites excluding steroid dienone is 2. The van der Waals surface area contributed by atoms with E-state index in [1.54, 1.807) is 0 Å². The van der Waals surface area contributed by atoms with Gasteiger partial charge in [0.1, 0.15) is 0 Å². The summed E-state index contributed by atoms with van der Waals surface area (Å²) >= 11 is 0. The maximum absolute atomic E-state index is 11.9. The third-order valence-electron chi connectivity index (χ3n) is 3.93. The SMILES string of the molecule is CC(C)CN1CCOC(CNC(=O)CC2C=CCC2)C1. The van der Waals surface area contributed by atoms with Gasteiger partial charge in [0, 0.05) is 32.6 Å². The van der Waals surface area contributed by atoms with Crippen molar-refractivity contribution in [1.29, 1.82) is 0 Å². The molecule has 2 rings (SSSR count).